The van der Waals surface area contributed by atoms with Gasteiger partial charge in [0.25, 0.3) is 5.91 Å². The third-order valence-electron chi connectivity index (χ3n) is 3.90. The summed E-state index contributed by atoms with van der Waals surface area (Å²) in [6, 6.07) is 2.14. The molecule has 0 saturated carbocycles. The highest BCUT2D eigenvalue weighted by Gasteiger charge is 2.19. The molecule has 3 rings (SSSR count). The number of hydrogen-bond acceptors (Lipinski definition) is 4. The largest absolute Gasteiger partial charge is 0.348 e. The van der Waals surface area contributed by atoms with Crippen molar-refractivity contribution < 1.29 is 4.79 Å². The van der Waals surface area contributed by atoms with Gasteiger partial charge in [0.15, 0.2) is 5.65 Å². The van der Waals surface area contributed by atoms with E-state index in [0.717, 1.165) is 37.3 Å². The molecule has 21 heavy (non-hydrogen) atoms. The lowest BCUT2D eigenvalue weighted by Gasteiger charge is -2.15. The maximum atomic E-state index is 12.5. The minimum absolute atomic E-state index is 0.0869. The summed E-state index contributed by atoms with van der Waals surface area (Å²) in [7, 11) is 0. The monoisotopic (exact) mass is 287 g/mol. The molecule has 1 aliphatic heterocycles. The van der Waals surface area contributed by atoms with Gasteiger partial charge >= 0.3 is 0 Å². The first kappa shape index (κ1) is 14.0. The lowest BCUT2D eigenvalue weighted by atomic mass is 10.1. The molecular weight excluding hydrogens is 266 g/mol. The molecule has 2 N–H and O–H groups in total. The molecule has 1 saturated heterocycles. The maximum Gasteiger partial charge on any atom is 0.257 e. The number of hydrogen-bond donors (Lipinski definition) is 2. The van der Waals surface area contributed by atoms with Gasteiger partial charge in [-0.3, -0.25) is 4.79 Å². The summed E-state index contributed by atoms with van der Waals surface area (Å²) >= 11 is 0. The lowest BCUT2D eigenvalue weighted by Crippen LogP contribution is -2.40. The number of aromatic nitrogens is 3. The van der Waals surface area contributed by atoms with Crippen LogP contribution >= 0.6 is 0 Å². The highest BCUT2D eigenvalue weighted by Crippen LogP contribution is 2.13. The molecule has 0 aliphatic carbocycles. The van der Waals surface area contributed by atoms with Crippen LogP contribution in [0.1, 0.15) is 41.0 Å². The minimum Gasteiger partial charge on any atom is -0.348 e. The predicted octanol–water partition coefficient (Wildman–Crippen LogP) is 1.22. The van der Waals surface area contributed by atoms with Gasteiger partial charge in [-0.05, 0) is 39.3 Å². The third kappa shape index (κ3) is 2.90. The van der Waals surface area contributed by atoms with E-state index in [-0.39, 0.29) is 11.9 Å². The topological polar surface area (TPSA) is 71.3 Å². The van der Waals surface area contributed by atoms with Crippen LogP contribution in [-0.2, 0) is 0 Å². The van der Waals surface area contributed by atoms with Gasteiger partial charge in [-0.1, -0.05) is 6.42 Å². The number of rotatable bonds is 2. The van der Waals surface area contributed by atoms with Gasteiger partial charge in [0.05, 0.1) is 6.20 Å². The van der Waals surface area contributed by atoms with E-state index in [1.807, 2.05) is 19.9 Å². The fourth-order valence-electron chi connectivity index (χ4n) is 2.84. The first-order valence-electron chi connectivity index (χ1n) is 7.49. The average Bonchev–Trinajstić information content (AvgIpc) is 2.69. The van der Waals surface area contributed by atoms with Crippen LogP contribution < -0.4 is 10.6 Å². The first-order chi connectivity index (χ1) is 10.1. The van der Waals surface area contributed by atoms with E-state index in [1.54, 1.807) is 10.7 Å². The normalized spacial score (nSPS) is 19.4. The van der Waals surface area contributed by atoms with Crippen molar-refractivity contribution in [3.8, 4) is 0 Å². The Bertz CT molecular complexity index is 655. The Morgan fingerprint density at radius 3 is 3.14 bits per heavy atom. The van der Waals surface area contributed by atoms with Crippen molar-refractivity contribution in [3.05, 3.63) is 29.2 Å². The van der Waals surface area contributed by atoms with Crippen LogP contribution in [0.5, 0.6) is 0 Å². The van der Waals surface area contributed by atoms with E-state index in [0.29, 0.717) is 11.2 Å². The van der Waals surface area contributed by atoms with Gasteiger partial charge < -0.3 is 10.6 Å². The SMILES string of the molecule is Cc1cc(C)n2ncc(C(=O)NC3CCCCNC3)c2n1. The van der Waals surface area contributed by atoms with Crippen molar-refractivity contribution in [1.29, 1.82) is 0 Å². The van der Waals surface area contributed by atoms with Crippen LogP contribution in [0.25, 0.3) is 5.65 Å². The van der Waals surface area contributed by atoms with Crippen LogP contribution in [-0.4, -0.2) is 39.6 Å². The maximum absolute atomic E-state index is 12.5. The second-order valence-electron chi connectivity index (χ2n) is 5.70. The zero-order chi connectivity index (χ0) is 14.8. The predicted molar refractivity (Wildman–Crippen MR) is 80.4 cm³/mol. The summed E-state index contributed by atoms with van der Waals surface area (Å²) < 4.78 is 1.72. The van der Waals surface area contributed by atoms with Crippen LogP contribution in [0.3, 0.4) is 0 Å². The smallest absolute Gasteiger partial charge is 0.257 e. The summed E-state index contributed by atoms with van der Waals surface area (Å²) in [5, 5.41) is 10.7. The van der Waals surface area contributed by atoms with E-state index < -0.39 is 0 Å². The number of carbonyl (C=O) groups is 1. The highest BCUT2D eigenvalue weighted by atomic mass is 16.1. The number of amides is 1. The summed E-state index contributed by atoms with van der Waals surface area (Å²) in [6.45, 7) is 5.75. The van der Waals surface area contributed by atoms with Crippen LogP contribution in [0.4, 0.5) is 0 Å². The molecule has 1 amide bonds. The highest BCUT2D eigenvalue weighted by molar-refractivity contribution is 5.99. The fraction of sp³-hybridized carbons (Fsp3) is 0.533. The van der Waals surface area contributed by atoms with Crippen molar-refractivity contribution >= 4 is 11.6 Å². The van der Waals surface area contributed by atoms with Gasteiger partial charge in [0, 0.05) is 24.0 Å². The number of carbonyl (C=O) groups excluding carboxylic acids is 1. The van der Waals surface area contributed by atoms with Crippen LogP contribution in [0.2, 0.25) is 0 Å². The third-order valence-corrected chi connectivity index (χ3v) is 3.90. The Morgan fingerprint density at radius 1 is 1.43 bits per heavy atom. The van der Waals surface area contributed by atoms with Crippen molar-refractivity contribution in [2.24, 2.45) is 0 Å². The standard InChI is InChI=1S/C15H21N5O/c1-10-7-11(2)20-14(18-10)13(9-17-20)15(21)19-12-5-3-4-6-16-8-12/h7,9,12,16H,3-6,8H2,1-2H3,(H,19,21). The van der Waals surface area contributed by atoms with E-state index >= 15 is 0 Å². The Hall–Kier alpha value is -1.95. The molecule has 0 bridgehead atoms. The van der Waals surface area contributed by atoms with E-state index in [2.05, 4.69) is 20.7 Å². The van der Waals surface area contributed by atoms with E-state index in [1.165, 1.54) is 6.42 Å². The molecule has 6 heteroatoms. The van der Waals surface area contributed by atoms with Gasteiger partial charge in [0.1, 0.15) is 5.56 Å². The molecular formula is C15H21N5O. The van der Waals surface area contributed by atoms with Crippen molar-refractivity contribution in [2.75, 3.05) is 13.1 Å². The average molecular weight is 287 g/mol. The molecule has 0 spiro atoms. The van der Waals surface area contributed by atoms with Gasteiger partial charge in [-0.2, -0.15) is 5.10 Å². The lowest BCUT2D eigenvalue weighted by molar-refractivity contribution is 0.0937. The molecule has 112 valence electrons. The second kappa shape index (κ2) is 5.81. The van der Waals surface area contributed by atoms with Crippen molar-refractivity contribution in [1.82, 2.24) is 25.2 Å². The Balaban J connectivity index is 1.84. The summed E-state index contributed by atoms with van der Waals surface area (Å²) in [6.07, 6.45) is 4.93. The van der Waals surface area contributed by atoms with Crippen LogP contribution in [0, 0.1) is 13.8 Å². The van der Waals surface area contributed by atoms with Crippen LogP contribution in [0.15, 0.2) is 12.3 Å². The Labute approximate surface area is 123 Å². The Kier molecular flexibility index (Phi) is 3.88. The Morgan fingerprint density at radius 2 is 2.29 bits per heavy atom. The zero-order valence-corrected chi connectivity index (χ0v) is 12.5. The van der Waals surface area contributed by atoms with Gasteiger partial charge in [-0.25, -0.2) is 9.50 Å². The first-order valence-corrected chi connectivity index (χ1v) is 7.49. The molecule has 2 aromatic heterocycles. The van der Waals surface area contributed by atoms with E-state index in [4.69, 9.17) is 0 Å². The molecule has 1 unspecified atom stereocenters. The van der Waals surface area contributed by atoms with Gasteiger partial charge in [-0.15, -0.1) is 0 Å². The second-order valence-corrected chi connectivity index (χ2v) is 5.70. The molecule has 1 fully saturated rings. The molecule has 0 radical (unpaired) electrons. The molecule has 1 atom stereocenters. The quantitative estimate of drug-likeness (QED) is 0.871. The molecule has 0 aromatic carbocycles. The molecule has 2 aromatic rings. The van der Waals surface area contributed by atoms with E-state index in [9.17, 15) is 4.79 Å². The number of nitrogens with zero attached hydrogens (tertiary/aromatic N) is 3. The minimum atomic E-state index is -0.0869. The molecule has 6 nitrogen and oxygen atoms in total. The zero-order valence-electron chi connectivity index (χ0n) is 12.5. The number of fused-ring (bicyclic) bond motifs is 1. The summed E-state index contributed by atoms with van der Waals surface area (Å²) in [5.74, 6) is -0.0869. The number of nitrogens with one attached hydrogen (secondary N) is 2. The van der Waals surface area contributed by atoms with Crippen molar-refractivity contribution in [3.63, 3.8) is 0 Å². The summed E-state index contributed by atoms with van der Waals surface area (Å²) in [4.78, 5) is 16.9. The van der Waals surface area contributed by atoms with Gasteiger partial charge in [0.2, 0.25) is 0 Å². The van der Waals surface area contributed by atoms with Crippen molar-refractivity contribution in [2.45, 2.75) is 39.2 Å². The number of aryl methyl sites for hydroxylation is 2. The molecule has 1 aliphatic rings. The molecule has 3 heterocycles. The fourth-order valence-corrected chi connectivity index (χ4v) is 2.84. The summed E-state index contributed by atoms with van der Waals surface area (Å²) in [5.41, 5.74) is 3.05.